The van der Waals surface area contributed by atoms with E-state index >= 15 is 0 Å². The fourth-order valence-electron chi connectivity index (χ4n) is 2.27. The molecule has 0 N–H and O–H groups in total. The fourth-order valence-corrected chi connectivity index (χ4v) is 2.27. The smallest absolute Gasteiger partial charge is 0.323 e. The van der Waals surface area contributed by atoms with E-state index in [-0.39, 0.29) is 19.8 Å². The van der Waals surface area contributed by atoms with E-state index in [1.165, 1.54) is 0 Å². The molecule has 0 aromatic heterocycles. The van der Waals surface area contributed by atoms with Crippen molar-refractivity contribution in [3.05, 3.63) is 54.6 Å². The Labute approximate surface area is 147 Å². The summed E-state index contributed by atoms with van der Waals surface area (Å²) in [6.07, 6.45) is 0. The van der Waals surface area contributed by atoms with Crippen molar-refractivity contribution in [2.75, 3.05) is 19.8 Å². The van der Waals surface area contributed by atoms with E-state index in [0.717, 1.165) is 11.1 Å². The Bertz CT molecular complexity index is 661. The normalized spacial score (nSPS) is 10.4. The molecule has 0 fully saturated rings. The van der Waals surface area contributed by atoms with Gasteiger partial charge in [-0.3, -0.25) is 9.59 Å². The van der Waals surface area contributed by atoms with Crippen LogP contribution in [0.25, 0.3) is 11.1 Å². The molecule has 132 valence electrons. The summed E-state index contributed by atoms with van der Waals surface area (Å²) in [6, 6.07) is 17.4. The number of ether oxygens (including phenoxy) is 3. The molecule has 0 atom stereocenters. The van der Waals surface area contributed by atoms with Crippen molar-refractivity contribution >= 4 is 11.9 Å². The number of benzene rings is 2. The molecule has 0 aliphatic carbocycles. The van der Waals surface area contributed by atoms with Gasteiger partial charge in [0.25, 0.3) is 0 Å². The zero-order valence-electron chi connectivity index (χ0n) is 14.4. The number of esters is 2. The topological polar surface area (TPSA) is 61.8 Å². The summed E-state index contributed by atoms with van der Waals surface area (Å²) >= 11 is 0. The Morgan fingerprint density at radius 2 is 1.32 bits per heavy atom. The van der Waals surface area contributed by atoms with Gasteiger partial charge in [-0.05, 0) is 37.1 Å². The molecule has 0 radical (unpaired) electrons. The minimum absolute atomic E-state index is 0.123. The minimum Gasteiger partial charge on any atom is -0.492 e. The Kier molecular flexibility index (Phi) is 7.01. The summed E-state index contributed by atoms with van der Waals surface area (Å²) < 4.78 is 15.4. The van der Waals surface area contributed by atoms with E-state index in [2.05, 4.69) is 0 Å². The molecule has 2 aromatic carbocycles. The highest BCUT2D eigenvalue weighted by atomic mass is 16.6. The van der Waals surface area contributed by atoms with Gasteiger partial charge in [0.1, 0.15) is 12.4 Å². The molecule has 2 rings (SSSR count). The number of carbonyl (C=O) groups is 2. The van der Waals surface area contributed by atoms with Crippen LogP contribution in [0.5, 0.6) is 5.75 Å². The molecule has 0 unspecified atom stereocenters. The van der Waals surface area contributed by atoms with Crippen molar-refractivity contribution in [2.24, 2.45) is 5.92 Å². The van der Waals surface area contributed by atoms with Crippen LogP contribution >= 0.6 is 0 Å². The van der Waals surface area contributed by atoms with Gasteiger partial charge in [0.15, 0.2) is 5.92 Å². The third kappa shape index (κ3) is 5.35. The van der Waals surface area contributed by atoms with E-state index in [1.807, 2.05) is 42.5 Å². The molecule has 5 heteroatoms. The monoisotopic (exact) mass is 342 g/mol. The van der Waals surface area contributed by atoms with Crippen LogP contribution in [0.4, 0.5) is 0 Å². The maximum Gasteiger partial charge on any atom is 0.323 e. The van der Waals surface area contributed by atoms with Crippen LogP contribution in [0, 0.1) is 5.92 Å². The van der Waals surface area contributed by atoms with Crippen LogP contribution in [0.3, 0.4) is 0 Å². The third-order valence-corrected chi connectivity index (χ3v) is 3.52. The third-order valence-electron chi connectivity index (χ3n) is 3.52. The summed E-state index contributed by atoms with van der Waals surface area (Å²) in [5.41, 5.74) is 2.16. The van der Waals surface area contributed by atoms with Gasteiger partial charge in [0.2, 0.25) is 0 Å². The van der Waals surface area contributed by atoms with E-state index in [1.54, 1.807) is 26.0 Å². The Hall–Kier alpha value is -2.82. The average molecular weight is 342 g/mol. The largest absolute Gasteiger partial charge is 0.492 e. The molecule has 25 heavy (non-hydrogen) atoms. The molecular formula is C20H22O5. The molecule has 0 aliphatic heterocycles. The maximum absolute atomic E-state index is 11.9. The average Bonchev–Trinajstić information content (AvgIpc) is 2.63. The standard InChI is InChI=1S/C20H22O5/c1-3-23-19(21)18(20(22)24-4-2)14-25-17-12-10-16(11-13-17)15-8-6-5-7-9-15/h5-13,18H,3-4,14H2,1-2H3. The Morgan fingerprint density at radius 1 is 0.800 bits per heavy atom. The molecular weight excluding hydrogens is 320 g/mol. The summed E-state index contributed by atoms with van der Waals surface area (Å²) in [5.74, 6) is -1.80. The second-order valence-electron chi connectivity index (χ2n) is 5.26. The van der Waals surface area contributed by atoms with Crippen LogP contribution in [0.1, 0.15) is 13.8 Å². The van der Waals surface area contributed by atoms with E-state index in [0.29, 0.717) is 5.75 Å². The van der Waals surface area contributed by atoms with E-state index < -0.39 is 17.9 Å². The summed E-state index contributed by atoms with van der Waals surface area (Å²) in [6.45, 7) is 3.63. The summed E-state index contributed by atoms with van der Waals surface area (Å²) in [7, 11) is 0. The lowest BCUT2D eigenvalue weighted by Crippen LogP contribution is -2.33. The molecule has 0 aliphatic rings. The Morgan fingerprint density at radius 3 is 1.84 bits per heavy atom. The zero-order valence-corrected chi connectivity index (χ0v) is 14.4. The zero-order chi connectivity index (χ0) is 18.1. The molecule has 0 saturated heterocycles. The minimum atomic E-state index is -1.09. The lowest BCUT2D eigenvalue weighted by Gasteiger charge is -2.15. The molecule has 0 bridgehead atoms. The van der Waals surface area contributed by atoms with Crippen molar-refractivity contribution in [2.45, 2.75) is 13.8 Å². The van der Waals surface area contributed by atoms with Gasteiger partial charge in [-0.2, -0.15) is 0 Å². The number of rotatable bonds is 8. The van der Waals surface area contributed by atoms with E-state index in [9.17, 15) is 9.59 Å². The molecule has 0 amide bonds. The van der Waals surface area contributed by atoms with E-state index in [4.69, 9.17) is 14.2 Å². The van der Waals surface area contributed by atoms with Gasteiger partial charge >= 0.3 is 11.9 Å². The van der Waals surface area contributed by atoms with Crippen molar-refractivity contribution in [3.63, 3.8) is 0 Å². The highest BCUT2D eigenvalue weighted by molar-refractivity contribution is 5.95. The number of hydrogen-bond donors (Lipinski definition) is 0. The van der Waals surface area contributed by atoms with Crippen LogP contribution in [-0.2, 0) is 19.1 Å². The quantitative estimate of drug-likeness (QED) is 0.543. The lowest BCUT2D eigenvalue weighted by atomic mass is 10.1. The van der Waals surface area contributed by atoms with Gasteiger partial charge in [-0.15, -0.1) is 0 Å². The molecule has 0 spiro atoms. The highest BCUT2D eigenvalue weighted by Gasteiger charge is 2.30. The van der Waals surface area contributed by atoms with Crippen LogP contribution in [0.15, 0.2) is 54.6 Å². The van der Waals surface area contributed by atoms with Gasteiger partial charge in [-0.25, -0.2) is 0 Å². The maximum atomic E-state index is 11.9. The first-order valence-corrected chi connectivity index (χ1v) is 8.27. The molecule has 5 nitrogen and oxygen atoms in total. The summed E-state index contributed by atoms with van der Waals surface area (Å²) in [5, 5.41) is 0. The predicted octanol–water partition coefficient (Wildman–Crippen LogP) is 3.47. The SMILES string of the molecule is CCOC(=O)C(COc1ccc(-c2ccccc2)cc1)C(=O)OCC. The second kappa shape index (κ2) is 9.47. The second-order valence-corrected chi connectivity index (χ2v) is 5.26. The molecule has 2 aromatic rings. The van der Waals surface area contributed by atoms with Crippen LogP contribution in [0.2, 0.25) is 0 Å². The van der Waals surface area contributed by atoms with Crippen LogP contribution < -0.4 is 4.74 Å². The van der Waals surface area contributed by atoms with Crippen molar-refractivity contribution in [1.82, 2.24) is 0 Å². The first kappa shape index (κ1) is 18.5. The van der Waals surface area contributed by atoms with Gasteiger partial charge in [0.05, 0.1) is 13.2 Å². The number of carbonyl (C=O) groups excluding carboxylic acids is 2. The first-order chi connectivity index (χ1) is 12.2. The van der Waals surface area contributed by atoms with Gasteiger partial charge < -0.3 is 14.2 Å². The highest BCUT2D eigenvalue weighted by Crippen LogP contribution is 2.22. The molecule has 0 heterocycles. The first-order valence-electron chi connectivity index (χ1n) is 8.27. The lowest BCUT2D eigenvalue weighted by molar-refractivity contribution is -0.162. The molecule has 0 saturated carbocycles. The van der Waals surface area contributed by atoms with Gasteiger partial charge in [0, 0.05) is 0 Å². The predicted molar refractivity (Wildman–Crippen MR) is 94.1 cm³/mol. The van der Waals surface area contributed by atoms with Crippen molar-refractivity contribution < 1.29 is 23.8 Å². The Balaban J connectivity index is 2.02. The number of hydrogen-bond acceptors (Lipinski definition) is 5. The van der Waals surface area contributed by atoms with Crippen molar-refractivity contribution in [1.29, 1.82) is 0 Å². The van der Waals surface area contributed by atoms with Gasteiger partial charge in [-0.1, -0.05) is 42.5 Å². The van der Waals surface area contributed by atoms with Crippen molar-refractivity contribution in [3.8, 4) is 16.9 Å². The fraction of sp³-hybridized carbons (Fsp3) is 0.300. The summed E-state index contributed by atoms with van der Waals surface area (Å²) in [4.78, 5) is 23.8. The van der Waals surface area contributed by atoms with Crippen LogP contribution in [-0.4, -0.2) is 31.8 Å².